The molecule has 0 aliphatic carbocycles. The molecule has 0 aromatic carbocycles. The zero-order valence-electron chi connectivity index (χ0n) is 9.40. The number of rotatable bonds is 0. The van der Waals surface area contributed by atoms with Crippen molar-refractivity contribution in [1.82, 2.24) is 9.55 Å². The van der Waals surface area contributed by atoms with E-state index in [4.69, 9.17) is 0 Å². The Hall–Kier alpha value is -0.810. The molecular formula is C11H12N2OS2. The van der Waals surface area contributed by atoms with Gasteiger partial charge in [0, 0.05) is 16.7 Å². The fourth-order valence-electron chi connectivity index (χ4n) is 2.03. The van der Waals surface area contributed by atoms with Crippen LogP contribution >= 0.6 is 23.1 Å². The van der Waals surface area contributed by atoms with Crippen LogP contribution in [0.25, 0.3) is 10.2 Å². The van der Waals surface area contributed by atoms with Crippen LogP contribution in [0.5, 0.6) is 0 Å². The Balaban J connectivity index is 2.43. The van der Waals surface area contributed by atoms with Gasteiger partial charge in [0.05, 0.1) is 5.39 Å². The molecule has 1 aliphatic rings. The molecule has 1 atom stereocenters. The van der Waals surface area contributed by atoms with Crippen molar-refractivity contribution in [1.29, 1.82) is 0 Å². The first-order valence-corrected chi connectivity index (χ1v) is 6.94. The SMILES string of the molecule is Cc1sc2nc3n(c(=O)c2c1C)CC(C)S3. The second kappa shape index (κ2) is 3.34. The third-order valence-corrected chi connectivity index (χ3v) is 5.18. The third kappa shape index (κ3) is 1.28. The number of aryl methyl sites for hydroxylation is 2. The molecule has 1 unspecified atom stereocenters. The molecule has 0 amide bonds. The van der Waals surface area contributed by atoms with Gasteiger partial charge in [-0.2, -0.15) is 0 Å². The van der Waals surface area contributed by atoms with E-state index in [9.17, 15) is 4.79 Å². The van der Waals surface area contributed by atoms with E-state index in [-0.39, 0.29) is 5.56 Å². The smallest absolute Gasteiger partial charge is 0.263 e. The maximum Gasteiger partial charge on any atom is 0.263 e. The van der Waals surface area contributed by atoms with E-state index in [1.165, 1.54) is 4.88 Å². The molecule has 0 bridgehead atoms. The zero-order valence-corrected chi connectivity index (χ0v) is 11.0. The fourth-order valence-corrected chi connectivity index (χ4v) is 4.12. The highest BCUT2D eigenvalue weighted by Crippen LogP contribution is 2.33. The van der Waals surface area contributed by atoms with Crippen molar-refractivity contribution in [3.05, 3.63) is 20.8 Å². The summed E-state index contributed by atoms with van der Waals surface area (Å²) in [6.07, 6.45) is 0. The Morgan fingerprint density at radius 3 is 2.94 bits per heavy atom. The second-order valence-corrected chi connectivity index (χ2v) is 6.81. The first-order chi connectivity index (χ1) is 7.58. The van der Waals surface area contributed by atoms with Gasteiger partial charge < -0.3 is 0 Å². The molecule has 0 fully saturated rings. The van der Waals surface area contributed by atoms with Crippen molar-refractivity contribution in [2.45, 2.75) is 37.7 Å². The summed E-state index contributed by atoms with van der Waals surface area (Å²) in [5, 5.41) is 2.16. The lowest BCUT2D eigenvalue weighted by molar-refractivity contribution is 0.629. The highest BCUT2D eigenvalue weighted by molar-refractivity contribution is 7.99. The molecule has 1 aliphatic heterocycles. The molecule has 0 spiro atoms. The van der Waals surface area contributed by atoms with Crippen LogP contribution in [0, 0.1) is 13.8 Å². The molecule has 0 N–H and O–H groups in total. The summed E-state index contributed by atoms with van der Waals surface area (Å²) in [5.41, 5.74) is 1.23. The van der Waals surface area contributed by atoms with E-state index in [0.29, 0.717) is 5.25 Å². The van der Waals surface area contributed by atoms with Gasteiger partial charge in [-0.3, -0.25) is 9.36 Å². The Morgan fingerprint density at radius 2 is 2.19 bits per heavy atom. The minimum absolute atomic E-state index is 0.138. The lowest BCUT2D eigenvalue weighted by Crippen LogP contribution is -2.21. The van der Waals surface area contributed by atoms with E-state index in [0.717, 1.165) is 27.5 Å². The molecule has 2 aromatic heterocycles. The average molecular weight is 252 g/mol. The van der Waals surface area contributed by atoms with E-state index < -0.39 is 0 Å². The minimum Gasteiger partial charge on any atom is -0.286 e. The van der Waals surface area contributed by atoms with E-state index >= 15 is 0 Å². The first kappa shape index (κ1) is 10.4. The van der Waals surface area contributed by atoms with Gasteiger partial charge in [0.25, 0.3) is 5.56 Å². The average Bonchev–Trinajstić information content (AvgIpc) is 2.70. The van der Waals surface area contributed by atoms with Gasteiger partial charge in [0.15, 0.2) is 5.16 Å². The summed E-state index contributed by atoms with van der Waals surface area (Å²) in [6, 6.07) is 0. The van der Waals surface area contributed by atoms with Crippen molar-refractivity contribution in [3.8, 4) is 0 Å². The Morgan fingerprint density at radius 1 is 1.44 bits per heavy atom. The molecule has 5 heteroatoms. The highest BCUT2D eigenvalue weighted by Gasteiger charge is 2.24. The van der Waals surface area contributed by atoms with Crippen LogP contribution in [0.2, 0.25) is 0 Å². The number of aromatic nitrogens is 2. The zero-order chi connectivity index (χ0) is 11.4. The number of nitrogens with zero attached hydrogens (tertiary/aromatic N) is 2. The van der Waals surface area contributed by atoms with Crippen LogP contribution in [0.4, 0.5) is 0 Å². The predicted octanol–water partition coefficient (Wildman–Crippen LogP) is 2.57. The number of thioether (sulfide) groups is 1. The van der Waals surface area contributed by atoms with E-state index in [2.05, 4.69) is 11.9 Å². The lowest BCUT2D eigenvalue weighted by atomic mass is 10.2. The standard InChI is InChI=1S/C11H12N2OS2/c1-5-4-13-10(14)8-6(2)7(3)16-9(8)12-11(13)15-5/h5H,4H2,1-3H3. The monoisotopic (exact) mass is 252 g/mol. The molecule has 3 rings (SSSR count). The van der Waals surface area contributed by atoms with Gasteiger partial charge in [0.2, 0.25) is 0 Å². The molecule has 16 heavy (non-hydrogen) atoms. The van der Waals surface area contributed by atoms with Crippen molar-refractivity contribution in [2.24, 2.45) is 0 Å². The molecule has 0 radical (unpaired) electrons. The van der Waals surface area contributed by atoms with Gasteiger partial charge >= 0.3 is 0 Å². The van der Waals surface area contributed by atoms with Crippen LogP contribution in [0.15, 0.2) is 9.95 Å². The molecule has 84 valence electrons. The van der Waals surface area contributed by atoms with E-state index in [1.807, 2.05) is 18.4 Å². The van der Waals surface area contributed by atoms with Crippen molar-refractivity contribution >= 4 is 33.3 Å². The predicted molar refractivity (Wildman–Crippen MR) is 68.7 cm³/mol. The van der Waals surface area contributed by atoms with Crippen LogP contribution in [-0.2, 0) is 6.54 Å². The maximum absolute atomic E-state index is 12.3. The Labute approximate surface area is 102 Å². The molecular weight excluding hydrogens is 240 g/mol. The number of thiophene rings is 1. The molecule has 2 aromatic rings. The number of fused-ring (bicyclic) bond motifs is 2. The normalized spacial score (nSPS) is 19.3. The summed E-state index contributed by atoms with van der Waals surface area (Å²) in [7, 11) is 0. The minimum atomic E-state index is 0.138. The molecule has 0 saturated carbocycles. The maximum atomic E-state index is 12.3. The summed E-state index contributed by atoms with van der Waals surface area (Å²) in [6.45, 7) is 6.98. The third-order valence-electron chi connectivity index (χ3n) is 3.00. The highest BCUT2D eigenvalue weighted by atomic mass is 32.2. The van der Waals surface area contributed by atoms with Crippen LogP contribution in [0.1, 0.15) is 17.4 Å². The van der Waals surface area contributed by atoms with E-state index in [1.54, 1.807) is 23.1 Å². The first-order valence-electron chi connectivity index (χ1n) is 5.25. The number of hydrogen-bond acceptors (Lipinski definition) is 4. The topological polar surface area (TPSA) is 34.9 Å². The van der Waals surface area contributed by atoms with Crippen molar-refractivity contribution in [2.75, 3.05) is 0 Å². The second-order valence-electron chi connectivity index (χ2n) is 4.20. The summed E-state index contributed by atoms with van der Waals surface area (Å²) < 4.78 is 1.82. The largest absolute Gasteiger partial charge is 0.286 e. The Kier molecular flexibility index (Phi) is 2.16. The number of hydrogen-bond donors (Lipinski definition) is 0. The quantitative estimate of drug-likeness (QED) is 0.676. The molecule has 0 saturated heterocycles. The Bertz CT molecular complexity index is 641. The van der Waals surface area contributed by atoms with Gasteiger partial charge in [-0.15, -0.1) is 11.3 Å². The van der Waals surface area contributed by atoms with Gasteiger partial charge in [-0.1, -0.05) is 18.7 Å². The summed E-state index contributed by atoms with van der Waals surface area (Å²) in [4.78, 5) is 19.0. The van der Waals surface area contributed by atoms with Crippen LogP contribution in [0.3, 0.4) is 0 Å². The van der Waals surface area contributed by atoms with Gasteiger partial charge in [-0.05, 0) is 19.4 Å². The van der Waals surface area contributed by atoms with Crippen molar-refractivity contribution < 1.29 is 0 Å². The lowest BCUT2D eigenvalue weighted by Gasteiger charge is -2.00. The van der Waals surface area contributed by atoms with Crippen LogP contribution in [-0.4, -0.2) is 14.8 Å². The fraction of sp³-hybridized carbons (Fsp3) is 0.455. The molecule has 3 nitrogen and oxygen atoms in total. The summed E-state index contributed by atoms with van der Waals surface area (Å²) in [5.74, 6) is 0. The summed E-state index contributed by atoms with van der Waals surface area (Å²) >= 11 is 3.32. The molecule has 3 heterocycles. The van der Waals surface area contributed by atoms with Gasteiger partial charge in [-0.25, -0.2) is 4.98 Å². The van der Waals surface area contributed by atoms with Crippen LogP contribution < -0.4 is 5.56 Å². The van der Waals surface area contributed by atoms with Gasteiger partial charge in [0.1, 0.15) is 4.83 Å². The van der Waals surface area contributed by atoms with Crippen molar-refractivity contribution in [3.63, 3.8) is 0 Å².